The van der Waals surface area contributed by atoms with Crippen molar-refractivity contribution in [1.29, 1.82) is 0 Å². The normalized spacial score (nSPS) is 30.9. The minimum absolute atomic E-state index is 0.0408. The van der Waals surface area contributed by atoms with Gasteiger partial charge in [0.2, 0.25) is 0 Å². The highest BCUT2D eigenvalue weighted by Crippen LogP contribution is 2.53. The Hall–Kier alpha value is -1.65. The van der Waals surface area contributed by atoms with Crippen molar-refractivity contribution in [3.63, 3.8) is 0 Å². The van der Waals surface area contributed by atoms with Gasteiger partial charge in [-0.25, -0.2) is 0 Å². The molecule has 1 amide bonds. The molecule has 4 aliphatic carbocycles. The summed E-state index contributed by atoms with van der Waals surface area (Å²) in [4.78, 5) is 13.0. The van der Waals surface area contributed by atoms with Crippen molar-refractivity contribution in [2.24, 2.45) is 23.7 Å². The van der Waals surface area contributed by atoms with Crippen LogP contribution in [0.4, 0.5) is 5.82 Å². The second kappa shape index (κ2) is 8.00. The molecule has 0 unspecified atom stereocenters. The predicted molar refractivity (Wildman–Crippen MR) is 112 cm³/mol. The largest absolute Gasteiger partial charge is 0.366 e. The van der Waals surface area contributed by atoms with E-state index in [1.165, 1.54) is 32.1 Å². The first kappa shape index (κ1) is 19.7. The van der Waals surface area contributed by atoms with Crippen LogP contribution in [0.3, 0.4) is 0 Å². The molecule has 1 aromatic rings. The van der Waals surface area contributed by atoms with Gasteiger partial charge in [0.1, 0.15) is 0 Å². The van der Waals surface area contributed by atoms with Crippen LogP contribution in [0.15, 0.2) is 6.07 Å². The summed E-state index contributed by atoms with van der Waals surface area (Å²) in [5.41, 5.74) is 1.55. The zero-order valence-corrected chi connectivity index (χ0v) is 17.9. The molecule has 0 aromatic carbocycles. The Morgan fingerprint density at radius 2 is 1.64 bits per heavy atom. The van der Waals surface area contributed by atoms with E-state index in [2.05, 4.69) is 48.5 Å². The van der Waals surface area contributed by atoms with E-state index in [9.17, 15) is 4.79 Å². The van der Waals surface area contributed by atoms with Gasteiger partial charge < -0.3 is 10.6 Å². The number of nitrogens with one attached hydrogen (secondary N) is 2. The molecule has 154 valence electrons. The molecular formula is C23H36N4O. The lowest BCUT2D eigenvalue weighted by atomic mass is 9.54. The van der Waals surface area contributed by atoms with E-state index in [1.54, 1.807) is 0 Å². The number of rotatable bonds is 7. The first-order valence-electron chi connectivity index (χ1n) is 11.4. The molecule has 5 rings (SSSR count). The molecular weight excluding hydrogens is 348 g/mol. The summed E-state index contributed by atoms with van der Waals surface area (Å²) < 4.78 is 0. The topological polar surface area (TPSA) is 66.9 Å². The number of aromatic nitrogens is 2. The summed E-state index contributed by atoms with van der Waals surface area (Å²) in [6.45, 7) is 8.65. The molecule has 0 saturated heterocycles. The van der Waals surface area contributed by atoms with Crippen LogP contribution in [0.1, 0.15) is 94.6 Å². The number of hydrogen-bond donors (Lipinski definition) is 2. The van der Waals surface area contributed by atoms with Crippen molar-refractivity contribution in [2.75, 3.05) is 5.32 Å². The van der Waals surface area contributed by atoms with Gasteiger partial charge in [-0.3, -0.25) is 4.79 Å². The molecule has 0 atom stereocenters. The molecule has 4 saturated carbocycles. The van der Waals surface area contributed by atoms with E-state index in [1.807, 2.05) is 6.07 Å². The predicted octanol–water partition coefficient (Wildman–Crippen LogP) is 4.76. The molecule has 2 N–H and O–H groups in total. The van der Waals surface area contributed by atoms with Crippen LogP contribution in [0.25, 0.3) is 0 Å². The molecule has 0 aliphatic heterocycles. The van der Waals surface area contributed by atoms with Gasteiger partial charge in [0.05, 0.1) is 0 Å². The number of amides is 1. The molecule has 0 radical (unpaired) electrons. The lowest BCUT2D eigenvalue weighted by Gasteiger charge is -2.54. The number of anilines is 1. The minimum atomic E-state index is -0.0408. The maximum absolute atomic E-state index is 13.0. The van der Waals surface area contributed by atoms with Crippen LogP contribution in [0.2, 0.25) is 0 Å². The van der Waals surface area contributed by atoms with E-state index in [4.69, 9.17) is 0 Å². The second-order valence-corrected chi connectivity index (χ2v) is 9.78. The third-order valence-electron chi connectivity index (χ3n) is 7.53. The van der Waals surface area contributed by atoms with Crippen LogP contribution in [-0.2, 0) is 0 Å². The molecule has 4 aliphatic rings. The average molecular weight is 385 g/mol. The van der Waals surface area contributed by atoms with Gasteiger partial charge in [0.15, 0.2) is 11.5 Å². The highest BCUT2D eigenvalue weighted by atomic mass is 16.2. The van der Waals surface area contributed by atoms with Crippen LogP contribution in [-0.4, -0.2) is 28.2 Å². The van der Waals surface area contributed by atoms with Crippen LogP contribution in [0.5, 0.6) is 0 Å². The Kier molecular flexibility index (Phi) is 5.62. The standard InChI is InChI=1S/C23H36N4O/c1-5-18(6-2)24-22-19(13(3)4)12-20(26-27-22)23(28)25-21-16-8-14-7-15(10-16)11-17(21)9-14/h12-18,21H,5-11H2,1-4H3,(H,24,27)(H,25,28). The summed E-state index contributed by atoms with van der Waals surface area (Å²) in [5, 5.41) is 15.6. The zero-order chi connectivity index (χ0) is 19.8. The first-order chi connectivity index (χ1) is 13.5. The van der Waals surface area contributed by atoms with E-state index >= 15 is 0 Å². The van der Waals surface area contributed by atoms with Crippen molar-refractivity contribution in [3.8, 4) is 0 Å². The summed E-state index contributed by atoms with van der Waals surface area (Å²) in [7, 11) is 0. The van der Waals surface area contributed by atoms with Crippen LogP contribution in [0, 0.1) is 23.7 Å². The third kappa shape index (κ3) is 3.77. The highest BCUT2D eigenvalue weighted by molar-refractivity contribution is 5.92. The molecule has 0 spiro atoms. The Morgan fingerprint density at radius 3 is 2.18 bits per heavy atom. The summed E-state index contributed by atoms with van der Waals surface area (Å²) >= 11 is 0. The smallest absolute Gasteiger partial charge is 0.272 e. The number of carbonyl (C=O) groups excluding carboxylic acids is 1. The van der Waals surface area contributed by atoms with Crippen LogP contribution < -0.4 is 10.6 Å². The summed E-state index contributed by atoms with van der Waals surface area (Å²) in [6, 6.07) is 2.68. The van der Waals surface area contributed by atoms with Gasteiger partial charge in [-0.2, -0.15) is 0 Å². The van der Waals surface area contributed by atoms with E-state index in [-0.39, 0.29) is 5.91 Å². The fourth-order valence-corrected chi connectivity index (χ4v) is 6.14. The zero-order valence-electron chi connectivity index (χ0n) is 17.9. The van der Waals surface area contributed by atoms with E-state index < -0.39 is 0 Å². The van der Waals surface area contributed by atoms with Crippen molar-refractivity contribution in [2.45, 2.75) is 90.6 Å². The second-order valence-electron chi connectivity index (χ2n) is 9.78. The van der Waals surface area contributed by atoms with Crippen molar-refractivity contribution in [1.82, 2.24) is 15.5 Å². The average Bonchev–Trinajstić information content (AvgIpc) is 2.68. The molecule has 5 nitrogen and oxygen atoms in total. The summed E-state index contributed by atoms with van der Waals surface area (Å²) in [5.74, 6) is 4.26. The Balaban J connectivity index is 1.49. The molecule has 4 bridgehead atoms. The van der Waals surface area contributed by atoms with Gasteiger partial charge in [-0.15, -0.1) is 10.2 Å². The molecule has 1 heterocycles. The summed E-state index contributed by atoms with van der Waals surface area (Å²) in [6.07, 6.45) is 8.74. The number of hydrogen-bond acceptors (Lipinski definition) is 4. The maximum Gasteiger partial charge on any atom is 0.272 e. The minimum Gasteiger partial charge on any atom is -0.366 e. The molecule has 5 heteroatoms. The Bertz CT molecular complexity index is 685. The first-order valence-corrected chi connectivity index (χ1v) is 11.4. The highest BCUT2D eigenvalue weighted by Gasteiger charge is 2.48. The quantitative estimate of drug-likeness (QED) is 0.711. The van der Waals surface area contributed by atoms with Gasteiger partial charge in [0, 0.05) is 17.6 Å². The number of nitrogens with zero attached hydrogens (tertiary/aromatic N) is 2. The van der Waals surface area contributed by atoms with Crippen LogP contribution >= 0.6 is 0 Å². The SMILES string of the molecule is CCC(CC)Nc1nnc(C(=O)NC2C3CC4CC(C3)CC2C4)cc1C(C)C. The maximum atomic E-state index is 13.0. The Labute approximate surface area is 169 Å². The fraction of sp³-hybridized carbons (Fsp3) is 0.783. The van der Waals surface area contributed by atoms with Gasteiger partial charge >= 0.3 is 0 Å². The van der Waals surface area contributed by atoms with Crippen molar-refractivity contribution < 1.29 is 4.79 Å². The molecule has 1 aromatic heterocycles. The monoisotopic (exact) mass is 384 g/mol. The van der Waals surface area contributed by atoms with Gasteiger partial charge in [0.25, 0.3) is 5.91 Å². The van der Waals surface area contributed by atoms with Crippen molar-refractivity contribution >= 4 is 11.7 Å². The molecule has 4 fully saturated rings. The van der Waals surface area contributed by atoms with Gasteiger partial charge in [-0.1, -0.05) is 27.7 Å². The third-order valence-corrected chi connectivity index (χ3v) is 7.53. The molecule has 28 heavy (non-hydrogen) atoms. The van der Waals surface area contributed by atoms with E-state index in [0.29, 0.717) is 35.5 Å². The fourth-order valence-electron chi connectivity index (χ4n) is 6.14. The number of carbonyl (C=O) groups is 1. The lowest BCUT2D eigenvalue weighted by molar-refractivity contribution is -0.0120. The van der Waals surface area contributed by atoms with Crippen molar-refractivity contribution in [3.05, 3.63) is 17.3 Å². The van der Waals surface area contributed by atoms with Gasteiger partial charge in [-0.05, 0) is 80.6 Å². The van der Waals surface area contributed by atoms with E-state index in [0.717, 1.165) is 36.1 Å². The lowest BCUT2D eigenvalue weighted by Crippen LogP contribution is -2.55. The Morgan fingerprint density at radius 1 is 1.04 bits per heavy atom.